The zero-order valence-electron chi connectivity index (χ0n) is 8.30. The number of hydrogen-bond donors (Lipinski definition) is 1. The number of rotatable bonds is 5. The molecule has 1 saturated heterocycles. The summed E-state index contributed by atoms with van der Waals surface area (Å²) in [7, 11) is 0. The molecule has 14 heavy (non-hydrogen) atoms. The van der Waals surface area contributed by atoms with Crippen molar-refractivity contribution in [2.24, 2.45) is 0 Å². The van der Waals surface area contributed by atoms with Crippen LogP contribution in [0.25, 0.3) is 0 Å². The van der Waals surface area contributed by atoms with Crippen LogP contribution < -0.4 is 5.43 Å². The van der Waals surface area contributed by atoms with Gasteiger partial charge in [-0.1, -0.05) is 15.9 Å². The summed E-state index contributed by atoms with van der Waals surface area (Å²) in [6.45, 7) is 3.01. The quantitative estimate of drug-likeness (QED) is 0.593. The number of nitrogens with one attached hydrogen (secondary N) is 1. The molecule has 82 valence electrons. The van der Waals surface area contributed by atoms with Crippen molar-refractivity contribution in [1.29, 1.82) is 0 Å². The molecule has 5 heteroatoms. The third-order valence-electron chi connectivity index (χ3n) is 2.08. The smallest absolute Gasteiger partial charge is 0.234 e. The number of carbonyl (C=O) groups is 1. The molecule has 4 nitrogen and oxygen atoms in total. The van der Waals surface area contributed by atoms with Crippen LogP contribution in [0.15, 0.2) is 0 Å². The fourth-order valence-electron chi connectivity index (χ4n) is 1.29. The lowest BCUT2D eigenvalue weighted by molar-refractivity contribution is -0.128. The number of ether oxygens (including phenoxy) is 1. The molecule has 0 radical (unpaired) electrons. The van der Waals surface area contributed by atoms with Gasteiger partial charge in [-0.3, -0.25) is 10.2 Å². The second kappa shape index (κ2) is 7.20. The van der Waals surface area contributed by atoms with Gasteiger partial charge in [-0.15, -0.1) is 0 Å². The minimum atomic E-state index is 0.118. The summed E-state index contributed by atoms with van der Waals surface area (Å²) in [6.07, 6.45) is 2.61. The van der Waals surface area contributed by atoms with Gasteiger partial charge in [0.05, 0.1) is 13.2 Å². The van der Waals surface area contributed by atoms with E-state index in [1.807, 2.05) is 5.01 Å². The molecule has 1 heterocycles. The molecule has 1 fully saturated rings. The van der Waals surface area contributed by atoms with Crippen LogP contribution in [-0.2, 0) is 9.53 Å². The Morgan fingerprint density at radius 3 is 2.71 bits per heavy atom. The maximum Gasteiger partial charge on any atom is 0.234 e. The van der Waals surface area contributed by atoms with Crippen LogP contribution >= 0.6 is 15.9 Å². The second-order valence-corrected chi connectivity index (χ2v) is 4.07. The fourth-order valence-corrected chi connectivity index (χ4v) is 1.68. The number of carbonyl (C=O) groups excluding carboxylic acids is 1. The Morgan fingerprint density at radius 1 is 1.36 bits per heavy atom. The number of nitrogens with zero attached hydrogens (tertiary/aromatic N) is 1. The fraction of sp³-hybridized carbons (Fsp3) is 0.889. The lowest BCUT2D eigenvalue weighted by Gasteiger charge is -2.26. The van der Waals surface area contributed by atoms with Crippen molar-refractivity contribution in [3.63, 3.8) is 0 Å². The summed E-state index contributed by atoms with van der Waals surface area (Å²) >= 11 is 3.34. The molecule has 0 spiro atoms. The van der Waals surface area contributed by atoms with E-state index < -0.39 is 0 Å². The maximum atomic E-state index is 11.4. The number of amides is 1. The topological polar surface area (TPSA) is 41.6 Å². The van der Waals surface area contributed by atoms with Gasteiger partial charge in [0.25, 0.3) is 0 Å². The first kappa shape index (κ1) is 11.9. The highest BCUT2D eigenvalue weighted by molar-refractivity contribution is 9.09. The van der Waals surface area contributed by atoms with Gasteiger partial charge in [0.15, 0.2) is 0 Å². The Balaban J connectivity index is 2.06. The summed E-state index contributed by atoms with van der Waals surface area (Å²) in [4.78, 5) is 11.4. The number of hydrogen-bond acceptors (Lipinski definition) is 3. The number of hydrazine groups is 1. The highest BCUT2D eigenvalue weighted by Crippen LogP contribution is 1.99. The minimum Gasteiger partial charge on any atom is -0.379 e. The van der Waals surface area contributed by atoms with Gasteiger partial charge in [0.1, 0.15) is 0 Å². The van der Waals surface area contributed by atoms with Gasteiger partial charge in [0.2, 0.25) is 5.91 Å². The normalized spacial score (nSPS) is 18.1. The molecule has 0 bridgehead atoms. The van der Waals surface area contributed by atoms with Crippen molar-refractivity contribution in [1.82, 2.24) is 10.4 Å². The van der Waals surface area contributed by atoms with Crippen LogP contribution in [0.3, 0.4) is 0 Å². The molecule has 1 aliphatic rings. The van der Waals surface area contributed by atoms with E-state index in [4.69, 9.17) is 4.74 Å². The van der Waals surface area contributed by atoms with Gasteiger partial charge in [0, 0.05) is 24.8 Å². The van der Waals surface area contributed by atoms with Crippen molar-refractivity contribution in [2.75, 3.05) is 31.6 Å². The van der Waals surface area contributed by atoms with Crippen LogP contribution in [-0.4, -0.2) is 42.5 Å². The highest BCUT2D eigenvalue weighted by atomic mass is 79.9. The Morgan fingerprint density at radius 2 is 2.07 bits per heavy atom. The molecule has 0 unspecified atom stereocenters. The third-order valence-corrected chi connectivity index (χ3v) is 2.64. The second-order valence-electron chi connectivity index (χ2n) is 3.28. The van der Waals surface area contributed by atoms with E-state index >= 15 is 0 Å². The highest BCUT2D eigenvalue weighted by Gasteiger charge is 2.12. The summed E-state index contributed by atoms with van der Waals surface area (Å²) < 4.78 is 5.18. The van der Waals surface area contributed by atoms with E-state index in [1.165, 1.54) is 0 Å². The van der Waals surface area contributed by atoms with Gasteiger partial charge in [-0.2, -0.15) is 0 Å². The van der Waals surface area contributed by atoms with Gasteiger partial charge in [-0.25, -0.2) is 5.01 Å². The predicted molar refractivity (Wildman–Crippen MR) is 58.2 cm³/mol. The van der Waals surface area contributed by atoms with Crippen LogP contribution in [0.2, 0.25) is 0 Å². The molecule has 0 aromatic heterocycles. The van der Waals surface area contributed by atoms with E-state index in [-0.39, 0.29) is 5.91 Å². The van der Waals surface area contributed by atoms with E-state index in [1.54, 1.807) is 0 Å². The first-order valence-corrected chi connectivity index (χ1v) is 6.13. The molecule has 0 saturated carbocycles. The largest absolute Gasteiger partial charge is 0.379 e. The van der Waals surface area contributed by atoms with Crippen molar-refractivity contribution < 1.29 is 9.53 Å². The molecular weight excluding hydrogens is 248 g/mol. The Kier molecular flexibility index (Phi) is 6.14. The van der Waals surface area contributed by atoms with Crippen molar-refractivity contribution >= 4 is 21.8 Å². The molecule has 1 aliphatic heterocycles. The average Bonchev–Trinajstić information content (AvgIpc) is 2.20. The van der Waals surface area contributed by atoms with Crippen LogP contribution in [0.1, 0.15) is 19.3 Å². The minimum absolute atomic E-state index is 0.118. The molecule has 1 amide bonds. The molecule has 0 aliphatic carbocycles. The predicted octanol–water partition coefficient (Wildman–Crippen LogP) is 0.915. The van der Waals surface area contributed by atoms with E-state index in [9.17, 15) is 4.79 Å². The van der Waals surface area contributed by atoms with E-state index in [0.717, 1.165) is 31.3 Å². The molecular formula is C9H17BrN2O2. The monoisotopic (exact) mass is 264 g/mol. The van der Waals surface area contributed by atoms with E-state index in [0.29, 0.717) is 19.6 Å². The van der Waals surface area contributed by atoms with Crippen LogP contribution in [0, 0.1) is 0 Å². The Hall–Kier alpha value is -0.130. The van der Waals surface area contributed by atoms with Gasteiger partial charge < -0.3 is 4.74 Å². The summed E-state index contributed by atoms with van der Waals surface area (Å²) in [5, 5.41) is 2.90. The SMILES string of the molecule is O=C(CCCCBr)NN1CCOCC1. The standard InChI is InChI=1S/C9H17BrN2O2/c10-4-2-1-3-9(13)11-12-5-7-14-8-6-12/h1-8H2,(H,11,13). The van der Waals surface area contributed by atoms with Crippen molar-refractivity contribution in [2.45, 2.75) is 19.3 Å². The summed E-state index contributed by atoms with van der Waals surface area (Å²) in [5.41, 5.74) is 2.88. The van der Waals surface area contributed by atoms with Crippen LogP contribution in [0.5, 0.6) is 0 Å². The molecule has 0 aromatic rings. The first-order chi connectivity index (χ1) is 6.83. The number of alkyl halides is 1. The third kappa shape index (κ3) is 4.93. The first-order valence-electron chi connectivity index (χ1n) is 5.01. The van der Waals surface area contributed by atoms with Crippen molar-refractivity contribution in [3.05, 3.63) is 0 Å². The van der Waals surface area contributed by atoms with Gasteiger partial charge in [-0.05, 0) is 12.8 Å². The summed E-state index contributed by atoms with van der Waals surface area (Å²) in [6, 6.07) is 0. The maximum absolute atomic E-state index is 11.4. The van der Waals surface area contributed by atoms with Crippen LogP contribution in [0.4, 0.5) is 0 Å². The summed E-state index contributed by atoms with van der Waals surface area (Å²) in [5.74, 6) is 0.118. The molecule has 1 N–H and O–H groups in total. The molecule has 0 aromatic carbocycles. The zero-order chi connectivity index (χ0) is 10.2. The Labute approximate surface area is 93.1 Å². The number of morpholine rings is 1. The lowest BCUT2D eigenvalue weighted by Crippen LogP contribution is -2.48. The number of halogens is 1. The zero-order valence-corrected chi connectivity index (χ0v) is 9.88. The molecule has 0 atom stereocenters. The number of unbranched alkanes of at least 4 members (excludes halogenated alkanes) is 1. The molecule has 1 rings (SSSR count). The van der Waals surface area contributed by atoms with Crippen molar-refractivity contribution in [3.8, 4) is 0 Å². The average molecular weight is 265 g/mol. The lowest BCUT2D eigenvalue weighted by atomic mass is 10.2. The van der Waals surface area contributed by atoms with Gasteiger partial charge >= 0.3 is 0 Å². The Bertz CT molecular complexity index is 172. The van der Waals surface area contributed by atoms with E-state index in [2.05, 4.69) is 21.4 Å².